The van der Waals surface area contributed by atoms with Crippen molar-refractivity contribution in [3.8, 4) is 0 Å². The molecule has 8 heteroatoms. The molecule has 0 aromatic rings. The number of hydrogen-bond acceptors (Lipinski definition) is 4. The van der Waals surface area contributed by atoms with Crippen LogP contribution in [0, 0.1) is 0 Å². The van der Waals surface area contributed by atoms with Crippen LogP contribution in [0.2, 0.25) is 0 Å². The van der Waals surface area contributed by atoms with Gasteiger partial charge in [-0.1, -0.05) is 13.8 Å². The summed E-state index contributed by atoms with van der Waals surface area (Å²) in [4.78, 5) is 0. The number of hydrogen-bond donors (Lipinski definition) is 4. The summed E-state index contributed by atoms with van der Waals surface area (Å²) >= 11 is 0. The maximum atomic E-state index is 5.07. The molecule has 96 valence electrons. The number of rotatable bonds is 2. The standard InChI is InChI=1S/2C3H10N2.4HI/c2*1-2-3(4)5;;;;/h2*3H,2,4-5H2,1H3;4*1H. The minimum atomic E-state index is -0.116. The molecular weight excluding hydrogens is 636 g/mol. The average molecular weight is 660 g/mol. The Morgan fingerprint density at radius 1 is 0.643 bits per heavy atom. The molecule has 0 spiro atoms. The Morgan fingerprint density at radius 2 is 0.714 bits per heavy atom. The maximum absolute atomic E-state index is 5.07. The highest BCUT2D eigenvalue weighted by molar-refractivity contribution is 14.0. The summed E-state index contributed by atoms with van der Waals surface area (Å²) in [7, 11) is 0. The second-order valence-electron chi connectivity index (χ2n) is 2.14. The summed E-state index contributed by atoms with van der Waals surface area (Å²) in [5, 5.41) is 0. The highest BCUT2D eigenvalue weighted by atomic mass is 127. The van der Waals surface area contributed by atoms with Crippen LogP contribution < -0.4 is 22.9 Å². The van der Waals surface area contributed by atoms with Gasteiger partial charge >= 0.3 is 0 Å². The van der Waals surface area contributed by atoms with E-state index in [2.05, 4.69) is 0 Å². The van der Waals surface area contributed by atoms with Gasteiger partial charge in [0.2, 0.25) is 0 Å². The molecule has 0 aromatic carbocycles. The van der Waals surface area contributed by atoms with E-state index >= 15 is 0 Å². The smallest absolute Gasteiger partial charge is 0.0518 e. The lowest BCUT2D eigenvalue weighted by Crippen LogP contribution is -2.28. The summed E-state index contributed by atoms with van der Waals surface area (Å²) in [5.41, 5.74) is 20.3. The van der Waals surface area contributed by atoms with Crippen LogP contribution in [0.4, 0.5) is 0 Å². The molecule has 0 amide bonds. The van der Waals surface area contributed by atoms with Crippen molar-refractivity contribution in [3.05, 3.63) is 0 Å². The maximum Gasteiger partial charge on any atom is 0.0518 e. The molecule has 14 heavy (non-hydrogen) atoms. The Morgan fingerprint density at radius 3 is 0.714 bits per heavy atom. The van der Waals surface area contributed by atoms with E-state index in [0.717, 1.165) is 12.8 Å². The van der Waals surface area contributed by atoms with Crippen molar-refractivity contribution >= 4 is 95.9 Å². The zero-order valence-corrected chi connectivity index (χ0v) is 17.8. The van der Waals surface area contributed by atoms with Crippen LogP contribution in [-0.4, -0.2) is 12.3 Å². The molecule has 0 aliphatic heterocycles. The van der Waals surface area contributed by atoms with Crippen molar-refractivity contribution < 1.29 is 0 Å². The zero-order valence-electron chi connectivity index (χ0n) is 8.51. The summed E-state index contributed by atoms with van der Waals surface area (Å²) in [5.74, 6) is 0. The van der Waals surface area contributed by atoms with Gasteiger partial charge < -0.3 is 22.9 Å². The second kappa shape index (κ2) is 29.7. The average Bonchev–Trinajstić information content (AvgIpc) is 1.89. The normalized spacial score (nSPS) is 6.86. The van der Waals surface area contributed by atoms with Gasteiger partial charge in [0.25, 0.3) is 0 Å². The fraction of sp³-hybridized carbons (Fsp3) is 1.00. The Bertz CT molecular complexity index is 57.8. The van der Waals surface area contributed by atoms with Crippen molar-refractivity contribution in [1.29, 1.82) is 0 Å². The van der Waals surface area contributed by atoms with Gasteiger partial charge in [-0.15, -0.1) is 95.9 Å². The predicted molar refractivity (Wildman–Crippen MR) is 107 cm³/mol. The van der Waals surface area contributed by atoms with E-state index in [9.17, 15) is 0 Å². The molecule has 0 rings (SSSR count). The minimum Gasteiger partial charge on any atom is -0.316 e. The van der Waals surface area contributed by atoms with Gasteiger partial charge in [0, 0.05) is 0 Å². The fourth-order valence-corrected chi connectivity index (χ4v) is 0. The van der Waals surface area contributed by atoms with E-state index in [1.807, 2.05) is 13.8 Å². The van der Waals surface area contributed by atoms with Crippen molar-refractivity contribution in [3.63, 3.8) is 0 Å². The van der Waals surface area contributed by atoms with E-state index in [1.165, 1.54) is 0 Å². The van der Waals surface area contributed by atoms with Crippen LogP contribution in [0.15, 0.2) is 0 Å². The number of nitrogens with two attached hydrogens (primary N) is 4. The Balaban J connectivity index is -0.0000000178. The quantitative estimate of drug-likeness (QED) is 0.268. The van der Waals surface area contributed by atoms with Crippen molar-refractivity contribution in [2.24, 2.45) is 22.9 Å². The first-order chi connectivity index (χ1) is 4.54. The first-order valence-electron chi connectivity index (χ1n) is 3.56. The SMILES string of the molecule is CCC(N)N.CCC(N)N.I.I.I.I. The highest BCUT2D eigenvalue weighted by Crippen LogP contribution is 1.68. The van der Waals surface area contributed by atoms with Crippen molar-refractivity contribution in [2.75, 3.05) is 0 Å². The molecule has 0 aliphatic carbocycles. The second-order valence-corrected chi connectivity index (χ2v) is 2.14. The van der Waals surface area contributed by atoms with E-state index in [-0.39, 0.29) is 108 Å². The van der Waals surface area contributed by atoms with Gasteiger partial charge in [0.1, 0.15) is 0 Å². The summed E-state index contributed by atoms with van der Waals surface area (Å²) in [6.45, 7) is 3.90. The third-order valence-electron chi connectivity index (χ3n) is 0.943. The lowest BCUT2D eigenvalue weighted by atomic mass is 10.4. The number of halogens is 4. The lowest BCUT2D eigenvalue weighted by molar-refractivity contribution is 0.682. The van der Waals surface area contributed by atoms with Gasteiger partial charge in [-0.3, -0.25) is 0 Å². The van der Waals surface area contributed by atoms with Crippen LogP contribution in [-0.2, 0) is 0 Å². The fourth-order valence-electron chi connectivity index (χ4n) is 0. The molecule has 0 unspecified atom stereocenters. The molecule has 4 nitrogen and oxygen atoms in total. The van der Waals surface area contributed by atoms with Gasteiger partial charge in [-0.05, 0) is 12.8 Å². The van der Waals surface area contributed by atoms with Crippen molar-refractivity contribution in [2.45, 2.75) is 39.0 Å². The molecular formula is C6H24I4N4. The molecule has 0 atom stereocenters. The Kier molecular flexibility index (Phi) is 76.2. The molecule has 8 N–H and O–H groups in total. The predicted octanol–water partition coefficient (Wildman–Crippen LogP) is 1.75. The topological polar surface area (TPSA) is 104 Å². The minimum absolute atomic E-state index is 0. The zero-order chi connectivity index (χ0) is 8.57. The largest absolute Gasteiger partial charge is 0.316 e. The molecule has 0 aromatic heterocycles. The molecule has 0 saturated carbocycles. The molecule has 0 bridgehead atoms. The van der Waals surface area contributed by atoms with E-state index in [1.54, 1.807) is 0 Å². The third-order valence-corrected chi connectivity index (χ3v) is 0.943. The van der Waals surface area contributed by atoms with Crippen LogP contribution >= 0.6 is 95.9 Å². The van der Waals surface area contributed by atoms with E-state index in [0.29, 0.717) is 0 Å². The van der Waals surface area contributed by atoms with Crippen LogP contribution in [0.3, 0.4) is 0 Å². The van der Waals surface area contributed by atoms with Gasteiger partial charge in [0.15, 0.2) is 0 Å². The lowest BCUT2D eigenvalue weighted by Gasteiger charge is -1.92. The molecule has 0 aliphatic rings. The summed E-state index contributed by atoms with van der Waals surface area (Å²) in [6, 6.07) is 0. The molecule has 0 fully saturated rings. The summed E-state index contributed by atoms with van der Waals surface area (Å²) in [6.07, 6.45) is 1.49. The highest BCUT2D eigenvalue weighted by Gasteiger charge is 1.79. The van der Waals surface area contributed by atoms with Crippen LogP contribution in [0.25, 0.3) is 0 Å². The molecule has 0 radical (unpaired) electrons. The first-order valence-corrected chi connectivity index (χ1v) is 3.56. The third kappa shape index (κ3) is 61.2. The van der Waals surface area contributed by atoms with Gasteiger partial charge in [0.05, 0.1) is 12.3 Å². The Hall–Kier alpha value is 2.76. The Labute approximate surface area is 156 Å². The summed E-state index contributed by atoms with van der Waals surface area (Å²) < 4.78 is 0. The van der Waals surface area contributed by atoms with Crippen LogP contribution in [0.5, 0.6) is 0 Å². The van der Waals surface area contributed by atoms with E-state index in [4.69, 9.17) is 22.9 Å². The van der Waals surface area contributed by atoms with Gasteiger partial charge in [-0.25, -0.2) is 0 Å². The monoisotopic (exact) mass is 660 g/mol. The van der Waals surface area contributed by atoms with Gasteiger partial charge in [-0.2, -0.15) is 0 Å². The van der Waals surface area contributed by atoms with E-state index < -0.39 is 0 Å². The van der Waals surface area contributed by atoms with Crippen molar-refractivity contribution in [1.82, 2.24) is 0 Å². The first kappa shape index (κ1) is 36.0. The molecule has 0 saturated heterocycles. The molecule has 0 heterocycles. The van der Waals surface area contributed by atoms with Crippen LogP contribution in [0.1, 0.15) is 26.7 Å².